The Morgan fingerprint density at radius 1 is 1.03 bits per heavy atom. The lowest BCUT2D eigenvalue weighted by molar-refractivity contribution is 0.0949. The Kier molecular flexibility index (Phi) is 5.51. The molecule has 0 fully saturated rings. The van der Waals surface area contributed by atoms with Crippen LogP contribution >= 0.6 is 0 Å². The number of nitrogens with zero attached hydrogens (tertiary/aromatic N) is 2. The van der Waals surface area contributed by atoms with Gasteiger partial charge in [-0.25, -0.2) is 4.98 Å². The van der Waals surface area contributed by atoms with Crippen molar-refractivity contribution in [3.8, 4) is 17.2 Å². The van der Waals surface area contributed by atoms with Crippen LogP contribution in [-0.4, -0.2) is 29.7 Å². The van der Waals surface area contributed by atoms with E-state index >= 15 is 0 Å². The Morgan fingerprint density at radius 3 is 2.41 bits per heavy atom. The summed E-state index contributed by atoms with van der Waals surface area (Å²) in [6.07, 6.45) is 4.33. The molecule has 1 amide bonds. The van der Waals surface area contributed by atoms with Gasteiger partial charge in [0.1, 0.15) is 17.3 Å². The van der Waals surface area contributed by atoms with Gasteiger partial charge in [-0.3, -0.25) is 9.36 Å². The number of ether oxygens (including phenoxy) is 2. The maximum absolute atomic E-state index is 12.8. The number of methoxy groups -OCH3 is 2. The lowest BCUT2D eigenvalue weighted by Crippen LogP contribution is -2.25. The Labute approximate surface area is 170 Å². The van der Waals surface area contributed by atoms with Crippen LogP contribution in [0.5, 0.6) is 11.5 Å². The second-order valence-electron chi connectivity index (χ2n) is 7.08. The van der Waals surface area contributed by atoms with Crippen molar-refractivity contribution >= 4 is 5.91 Å². The molecule has 6 nitrogen and oxygen atoms in total. The summed E-state index contributed by atoms with van der Waals surface area (Å²) >= 11 is 0. The molecule has 0 bridgehead atoms. The first-order valence-corrected chi connectivity index (χ1v) is 9.85. The van der Waals surface area contributed by atoms with Crippen molar-refractivity contribution < 1.29 is 14.3 Å². The van der Waals surface area contributed by atoms with Gasteiger partial charge in [0.2, 0.25) is 0 Å². The van der Waals surface area contributed by atoms with Gasteiger partial charge in [0.25, 0.3) is 5.91 Å². The van der Waals surface area contributed by atoms with Crippen molar-refractivity contribution in [2.45, 2.75) is 32.2 Å². The molecule has 1 aromatic heterocycles. The minimum atomic E-state index is -0.192. The molecule has 29 heavy (non-hydrogen) atoms. The maximum atomic E-state index is 12.8. The van der Waals surface area contributed by atoms with Gasteiger partial charge in [-0.2, -0.15) is 0 Å². The van der Waals surface area contributed by atoms with Gasteiger partial charge in [-0.05, 0) is 49.9 Å². The number of carbonyl (C=O) groups excluding carboxylic acids is 1. The Morgan fingerprint density at radius 2 is 1.72 bits per heavy atom. The van der Waals surface area contributed by atoms with Crippen LogP contribution in [0.4, 0.5) is 0 Å². The van der Waals surface area contributed by atoms with Crippen molar-refractivity contribution in [2.75, 3.05) is 14.2 Å². The molecule has 150 valence electrons. The summed E-state index contributed by atoms with van der Waals surface area (Å²) in [5, 5.41) is 3.00. The molecule has 1 N–H and O–H groups in total. The summed E-state index contributed by atoms with van der Waals surface area (Å²) in [6.45, 7) is 0.347. The van der Waals surface area contributed by atoms with Crippen LogP contribution in [0.2, 0.25) is 0 Å². The predicted octanol–water partition coefficient (Wildman–Crippen LogP) is 3.70. The third-order valence-corrected chi connectivity index (χ3v) is 5.24. The molecule has 0 radical (unpaired) electrons. The number of rotatable bonds is 6. The number of carbonyl (C=O) groups is 1. The van der Waals surface area contributed by atoms with Crippen molar-refractivity contribution in [2.24, 2.45) is 0 Å². The first kappa shape index (κ1) is 19.1. The quantitative estimate of drug-likeness (QED) is 0.696. The molecule has 0 spiro atoms. The average molecular weight is 391 g/mol. The van der Waals surface area contributed by atoms with Gasteiger partial charge in [-0.15, -0.1) is 0 Å². The minimum Gasteiger partial charge on any atom is -0.497 e. The van der Waals surface area contributed by atoms with Gasteiger partial charge in [-0.1, -0.05) is 18.2 Å². The van der Waals surface area contributed by atoms with E-state index in [1.165, 1.54) is 12.1 Å². The SMILES string of the molecule is COc1cc(OC)cc(C(=O)NCc2nc3c(n2-c2ccccc2)CCCC3)c1. The highest BCUT2D eigenvalue weighted by Crippen LogP contribution is 2.26. The average Bonchev–Trinajstić information content (AvgIpc) is 3.16. The number of aryl methyl sites for hydroxylation is 1. The molecular formula is C23H25N3O3. The number of benzene rings is 2. The molecule has 4 rings (SSSR count). The smallest absolute Gasteiger partial charge is 0.251 e. The Hall–Kier alpha value is -3.28. The van der Waals surface area contributed by atoms with Crippen molar-refractivity contribution in [3.05, 3.63) is 71.3 Å². The highest BCUT2D eigenvalue weighted by Gasteiger charge is 2.21. The van der Waals surface area contributed by atoms with Crippen molar-refractivity contribution in [3.63, 3.8) is 0 Å². The van der Waals surface area contributed by atoms with E-state index in [-0.39, 0.29) is 5.91 Å². The zero-order valence-electron chi connectivity index (χ0n) is 16.8. The number of para-hydroxylation sites is 1. The summed E-state index contributed by atoms with van der Waals surface area (Å²) in [4.78, 5) is 17.6. The van der Waals surface area contributed by atoms with Gasteiger partial charge in [0.15, 0.2) is 0 Å². The molecule has 1 aliphatic carbocycles. The van der Waals surface area contributed by atoms with Crippen molar-refractivity contribution in [1.29, 1.82) is 0 Å². The first-order valence-electron chi connectivity index (χ1n) is 9.85. The molecule has 0 atom stereocenters. The van der Waals surface area contributed by atoms with E-state index in [2.05, 4.69) is 22.0 Å². The third kappa shape index (κ3) is 3.97. The molecule has 0 aliphatic heterocycles. The van der Waals surface area contributed by atoms with Crippen LogP contribution in [-0.2, 0) is 19.4 Å². The van der Waals surface area contributed by atoms with E-state index in [0.29, 0.717) is 23.6 Å². The lowest BCUT2D eigenvalue weighted by Gasteiger charge is -2.16. The van der Waals surface area contributed by atoms with Crippen LogP contribution in [0.15, 0.2) is 48.5 Å². The van der Waals surface area contributed by atoms with E-state index in [1.807, 2.05) is 18.2 Å². The zero-order chi connectivity index (χ0) is 20.2. The fourth-order valence-corrected chi connectivity index (χ4v) is 3.80. The molecule has 0 saturated heterocycles. The van der Waals surface area contributed by atoms with Gasteiger partial charge < -0.3 is 14.8 Å². The Balaban J connectivity index is 1.60. The number of hydrogen-bond acceptors (Lipinski definition) is 4. The topological polar surface area (TPSA) is 65.4 Å². The normalized spacial score (nSPS) is 12.9. The van der Waals surface area contributed by atoms with E-state index in [1.54, 1.807) is 32.4 Å². The van der Waals surface area contributed by atoms with E-state index in [9.17, 15) is 4.79 Å². The largest absolute Gasteiger partial charge is 0.497 e. The van der Waals surface area contributed by atoms with E-state index in [0.717, 1.165) is 36.5 Å². The Bertz CT molecular complexity index is 989. The maximum Gasteiger partial charge on any atom is 0.251 e. The fourth-order valence-electron chi connectivity index (χ4n) is 3.80. The second kappa shape index (κ2) is 8.39. The van der Waals surface area contributed by atoms with Crippen molar-refractivity contribution in [1.82, 2.24) is 14.9 Å². The summed E-state index contributed by atoms with van der Waals surface area (Å²) in [7, 11) is 3.13. The molecule has 1 heterocycles. The number of imidazole rings is 1. The highest BCUT2D eigenvalue weighted by molar-refractivity contribution is 5.95. The molecule has 1 aliphatic rings. The van der Waals surface area contributed by atoms with Gasteiger partial charge in [0, 0.05) is 23.0 Å². The molecule has 0 saturated carbocycles. The van der Waals surface area contributed by atoms with E-state index in [4.69, 9.17) is 14.5 Å². The highest BCUT2D eigenvalue weighted by atomic mass is 16.5. The summed E-state index contributed by atoms with van der Waals surface area (Å²) in [5.41, 5.74) is 3.97. The fraction of sp³-hybridized carbons (Fsp3) is 0.304. The third-order valence-electron chi connectivity index (χ3n) is 5.24. The number of amides is 1. The van der Waals surface area contributed by atoms with E-state index < -0.39 is 0 Å². The monoisotopic (exact) mass is 391 g/mol. The number of fused-ring (bicyclic) bond motifs is 1. The molecule has 0 unspecified atom stereocenters. The first-order chi connectivity index (χ1) is 14.2. The molecule has 3 aromatic rings. The van der Waals surface area contributed by atoms with Crippen LogP contribution in [0.25, 0.3) is 5.69 Å². The summed E-state index contributed by atoms with van der Waals surface area (Å²) in [6, 6.07) is 15.4. The number of hydrogen-bond donors (Lipinski definition) is 1. The molecule has 6 heteroatoms. The lowest BCUT2D eigenvalue weighted by atomic mass is 10.0. The van der Waals surface area contributed by atoms with Crippen LogP contribution in [0.1, 0.15) is 40.4 Å². The number of nitrogens with one attached hydrogen (secondary N) is 1. The number of aromatic nitrogens is 2. The van der Waals surface area contributed by atoms with Gasteiger partial charge >= 0.3 is 0 Å². The second-order valence-corrected chi connectivity index (χ2v) is 7.08. The van der Waals surface area contributed by atoms with Crippen LogP contribution < -0.4 is 14.8 Å². The van der Waals surface area contributed by atoms with Gasteiger partial charge in [0.05, 0.1) is 26.5 Å². The standard InChI is InChI=1S/C23H25N3O3/c1-28-18-12-16(13-19(14-18)29-2)23(27)24-15-22-25-20-10-6-7-11-21(20)26(22)17-8-4-3-5-9-17/h3-5,8-9,12-14H,6-7,10-11,15H2,1-2H3,(H,24,27). The molecule has 2 aromatic carbocycles. The van der Waals surface area contributed by atoms with Crippen LogP contribution in [0, 0.1) is 0 Å². The summed E-state index contributed by atoms with van der Waals surface area (Å²) < 4.78 is 12.7. The molecular weight excluding hydrogens is 366 g/mol. The summed E-state index contributed by atoms with van der Waals surface area (Å²) in [5.74, 6) is 1.82. The zero-order valence-corrected chi connectivity index (χ0v) is 16.8. The van der Waals surface area contributed by atoms with Crippen LogP contribution in [0.3, 0.4) is 0 Å². The minimum absolute atomic E-state index is 0.192. The predicted molar refractivity (Wildman–Crippen MR) is 111 cm³/mol.